The van der Waals surface area contributed by atoms with Crippen molar-refractivity contribution < 1.29 is 4.79 Å². The number of rotatable bonds is 5. The van der Waals surface area contributed by atoms with Crippen molar-refractivity contribution in [2.75, 3.05) is 11.1 Å². The number of carbonyl (C=O) groups is 1. The molecule has 0 saturated heterocycles. The summed E-state index contributed by atoms with van der Waals surface area (Å²) in [6, 6.07) is 15.0. The number of aromatic nitrogens is 2. The van der Waals surface area contributed by atoms with Crippen LogP contribution in [0.5, 0.6) is 0 Å². The van der Waals surface area contributed by atoms with E-state index in [1.807, 2.05) is 24.3 Å². The number of carbonyl (C=O) groups excluding carboxylic acids is 1. The third-order valence-corrected chi connectivity index (χ3v) is 4.81. The molecule has 0 atom stereocenters. The van der Waals surface area contributed by atoms with Gasteiger partial charge in [0, 0.05) is 15.2 Å². The van der Waals surface area contributed by atoms with Crippen molar-refractivity contribution in [2.45, 2.75) is 5.16 Å². The summed E-state index contributed by atoms with van der Waals surface area (Å²) in [7, 11) is 0. The first kappa shape index (κ1) is 17.1. The summed E-state index contributed by atoms with van der Waals surface area (Å²) in [5.41, 5.74) is 2.64. The lowest BCUT2D eigenvalue weighted by Gasteiger charge is -2.04. The highest BCUT2D eigenvalue weighted by atomic mass is 79.9. The van der Waals surface area contributed by atoms with Gasteiger partial charge in [0.2, 0.25) is 5.91 Å². The Morgan fingerprint density at radius 3 is 2.79 bits per heavy atom. The van der Waals surface area contributed by atoms with E-state index < -0.39 is 0 Å². The average Bonchev–Trinajstić information content (AvgIpc) is 3.03. The maximum absolute atomic E-state index is 12.0. The number of anilines is 1. The molecule has 4 nitrogen and oxygen atoms in total. The topological polar surface area (TPSA) is 57.8 Å². The number of amides is 1. The van der Waals surface area contributed by atoms with Gasteiger partial charge in [-0.2, -0.15) is 0 Å². The number of aromatic amines is 1. The van der Waals surface area contributed by atoms with E-state index >= 15 is 0 Å². The molecular formula is C17H13BrClN3OS. The molecule has 3 rings (SSSR count). The van der Waals surface area contributed by atoms with Gasteiger partial charge in [-0.25, -0.2) is 4.98 Å². The van der Waals surface area contributed by atoms with Crippen LogP contribution in [0.1, 0.15) is 0 Å². The molecule has 0 aliphatic heterocycles. The van der Waals surface area contributed by atoms with Crippen LogP contribution in [0.25, 0.3) is 11.3 Å². The van der Waals surface area contributed by atoms with Crippen LogP contribution >= 0.6 is 39.3 Å². The summed E-state index contributed by atoms with van der Waals surface area (Å²) in [6.45, 7) is 0. The van der Waals surface area contributed by atoms with Crippen LogP contribution in [0.2, 0.25) is 5.02 Å². The minimum absolute atomic E-state index is 0.108. The summed E-state index contributed by atoms with van der Waals surface area (Å²) >= 11 is 10.7. The fraction of sp³-hybridized carbons (Fsp3) is 0.0588. The van der Waals surface area contributed by atoms with Crippen molar-refractivity contribution in [3.05, 3.63) is 64.2 Å². The number of thioether (sulfide) groups is 1. The Kier molecular flexibility index (Phi) is 5.60. The smallest absolute Gasteiger partial charge is 0.234 e. The lowest BCUT2D eigenvalue weighted by Crippen LogP contribution is -2.14. The zero-order chi connectivity index (χ0) is 16.9. The molecule has 0 saturated carbocycles. The van der Waals surface area contributed by atoms with E-state index in [2.05, 4.69) is 31.2 Å². The zero-order valence-electron chi connectivity index (χ0n) is 12.4. The van der Waals surface area contributed by atoms with E-state index in [4.69, 9.17) is 11.6 Å². The SMILES string of the molecule is O=C(CSc1ncc(-c2ccc(Br)cc2)[nH]1)Nc1cccc(Cl)c1. The number of hydrogen-bond donors (Lipinski definition) is 2. The first-order valence-electron chi connectivity index (χ1n) is 7.09. The van der Waals surface area contributed by atoms with Crippen LogP contribution in [-0.4, -0.2) is 21.6 Å². The molecule has 0 aliphatic carbocycles. The highest BCUT2D eigenvalue weighted by Crippen LogP contribution is 2.23. The van der Waals surface area contributed by atoms with Crippen LogP contribution in [0, 0.1) is 0 Å². The Hall–Kier alpha value is -1.76. The molecule has 0 radical (unpaired) electrons. The van der Waals surface area contributed by atoms with Gasteiger partial charge in [0.15, 0.2) is 5.16 Å². The van der Waals surface area contributed by atoms with E-state index in [-0.39, 0.29) is 11.7 Å². The first-order chi connectivity index (χ1) is 11.6. The van der Waals surface area contributed by atoms with E-state index in [1.54, 1.807) is 30.5 Å². The number of H-pyrrole nitrogens is 1. The molecule has 1 heterocycles. The van der Waals surface area contributed by atoms with Crippen LogP contribution in [0.4, 0.5) is 5.69 Å². The van der Waals surface area contributed by atoms with Crippen molar-refractivity contribution in [1.29, 1.82) is 0 Å². The summed E-state index contributed by atoms with van der Waals surface area (Å²) in [5, 5.41) is 4.10. The molecule has 24 heavy (non-hydrogen) atoms. The standard InChI is InChI=1S/C17H13BrClN3OS/c18-12-6-4-11(5-7-12)15-9-20-17(22-15)24-10-16(23)21-14-3-1-2-13(19)8-14/h1-9H,10H2,(H,20,22)(H,21,23). The molecule has 1 aromatic heterocycles. The largest absolute Gasteiger partial charge is 0.333 e. The fourth-order valence-electron chi connectivity index (χ4n) is 2.05. The highest BCUT2D eigenvalue weighted by Gasteiger charge is 2.08. The number of benzene rings is 2. The molecule has 0 bridgehead atoms. The highest BCUT2D eigenvalue weighted by molar-refractivity contribution is 9.10. The molecule has 1 amide bonds. The van der Waals surface area contributed by atoms with Gasteiger partial charge in [-0.05, 0) is 35.9 Å². The normalized spacial score (nSPS) is 10.6. The second kappa shape index (κ2) is 7.88. The van der Waals surface area contributed by atoms with E-state index in [1.165, 1.54) is 11.8 Å². The van der Waals surface area contributed by atoms with Gasteiger partial charge >= 0.3 is 0 Å². The summed E-state index contributed by atoms with van der Waals surface area (Å²) in [4.78, 5) is 19.5. The third kappa shape index (κ3) is 4.63. The second-order valence-corrected chi connectivity index (χ2v) is 7.27. The van der Waals surface area contributed by atoms with Crippen molar-refractivity contribution in [2.24, 2.45) is 0 Å². The lowest BCUT2D eigenvalue weighted by molar-refractivity contribution is -0.113. The molecule has 0 aliphatic rings. The van der Waals surface area contributed by atoms with Gasteiger partial charge in [-0.1, -0.05) is 57.5 Å². The second-order valence-electron chi connectivity index (χ2n) is 4.96. The minimum atomic E-state index is -0.108. The summed E-state index contributed by atoms with van der Waals surface area (Å²) < 4.78 is 1.03. The van der Waals surface area contributed by atoms with Gasteiger partial charge in [0.1, 0.15) is 0 Å². The zero-order valence-corrected chi connectivity index (χ0v) is 15.6. The quantitative estimate of drug-likeness (QED) is 0.554. The minimum Gasteiger partial charge on any atom is -0.333 e. The van der Waals surface area contributed by atoms with E-state index in [9.17, 15) is 4.79 Å². The number of nitrogens with zero attached hydrogens (tertiary/aromatic N) is 1. The van der Waals surface area contributed by atoms with Gasteiger partial charge in [-0.3, -0.25) is 4.79 Å². The summed E-state index contributed by atoms with van der Waals surface area (Å²) in [6.07, 6.45) is 1.76. The van der Waals surface area contributed by atoms with Crippen molar-refractivity contribution in [3.8, 4) is 11.3 Å². The van der Waals surface area contributed by atoms with Crippen LogP contribution in [0.3, 0.4) is 0 Å². The maximum atomic E-state index is 12.0. The average molecular weight is 423 g/mol. The first-order valence-corrected chi connectivity index (χ1v) is 9.25. The molecule has 0 spiro atoms. The Morgan fingerprint density at radius 1 is 1.25 bits per heavy atom. The number of hydrogen-bond acceptors (Lipinski definition) is 3. The van der Waals surface area contributed by atoms with Crippen molar-refractivity contribution in [1.82, 2.24) is 9.97 Å². The van der Waals surface area contributed by atoms with Gasteiger partial charge in [0.25, 0.3) is 0 Å². The number of imidazole rings is 1. The third-order valence-electron chi connectivity index (χ3n) is 3.16. The molecule has 7 heteroatoms. The Labute approximate surface area is 157 Å². The molecule has 122 valence electrons. The van der Waals surface area contributed by atoms with Crippen molar-refractivity contribution >= 4 is 50.9 Å². The van der Waals surface area contributed by atoms with Gasteiger partial charge in [0.05, 0.1) is 17.6 Å². The Bertz CT molecular complexity index is 851. The molecular weight excluding hydrogens is 410 g/mol. The van der Waals surface area contributed by atoms with Crippen LogP contribution in [0.15, 0.2) is 64.4 Å². The monoisotopic (exact) mass is 421 g/mol. The van der Waals surface area contributed by atoms with Crippen LogP contribution < -0.4 is 5.32 Å². The number of nitrogens with one attached hydrogen (secondary N) is 2. The van der Waals surface area contributed by atoms with Crippen LogP contribution in [-0.2, 0) is 4.79 Å². The van der Waals surface area contributed by atoms with E-state index in [0.717, 1.165) is 15.7 Å². The predicted molar refractivity (Wildman–Crippen MR) is 103 cm³/mol. The predicted octanol–water partition coefficient (Wildman–Crippen LogP) is 5.22. The molecule has 0 unspecified atom stereocenters. The van der Waals surface area contributed by atoms with Gasteiger partial charge < -0.3 is 10.3 Å². The van der Waals surface area contributed by atoms with E-state index in [0.29, 0.717) is 15.9 Å². The Morgan fingerprint density at radius 2 is 2.04 bits per heavy atom. The lowest BCUT2D eigenvalue weighted by atomic mass is 10.2. The fourth-order valence-corrected chi connectivity index (χ4v) is 3.15. The molecule has 0 fully saturated rings. The maximum Gasteiger partial charge on any atom is 0.234 e. The molecule has 2 aromatic carbocycles. The molecule has 3 aromatic rings. The van der Waals surface area contributed by atoms with Gasteiger partial charge in [-0.15, -0.1) is 0 Å². The number of halogens is 2. The Balaban J connectivity index is 1.57. The summed E-state index contributed by atoms with van der Waals surface area (Å²) in [5.74, 6) is 0.156. The van der Waals surface area contributed by atoms with Crippen molar-refractivity contribution in [3.63, 3.8) is 0 Å². The molecule has 2 N–H and O–H groups in total.